The van der Waals surface area contributed by atoms with E-state index in [0.29, 0.717) is 17.0 Å². The number of nitrogens with one attached hydrogen (secondary N) is 1. The summed E-state index contributed by atoms with van der Waals surface area (Å²) < 4.78 is 3.15. The zero-order chi connectivity index (χ0) is 19.9. The summed E-state index contributed by atoms with van der Waals surface area (Å²) in [4.78, 5) is 29.7. The predicted molar refractivity (Wildman–Crippen MR) is 103 cm³/mol. The Bertz CT molecular complexity index is 1090. The van der Waals surface area contributed by atoms with E-state index >= 15 is 0 Å². The van der Waals surface area contributed by atoms with Gasteiger partial charge in [0.15, 0.2) is 0 Å². The lowest BCUT2D eigenvalue weighted by molar-refractivity contribution is -0.116. The maximum atomic E-state index is 12.7. The minimum Gasteiger partial charge on any atom is -0.508 e. The van der Waals surface area contributed by atoms with Crippen LogP contribution in [-0.2, 0) is 11.3 Å². The molecule has 3 rings (SSSR count). The fourth-order valence-corrected chi connectivity index (χ4v) is 3.18. The summed E-state index contributed by atoms with van der Waals surface area (Å²) in [5, 5.41) is 17.2. The number of phenolic OH excluding ortho intramolecular Hbond substituents is 1. The van der Waals surface area contributed by atoms with E-state index < -0.39 is 0 Å². The summed E-state index contributed by atoms with van der Waals surface area (Å²) in [5.74, 6) is 0.0734. The van der Waals surface area contributed by atoms with Crippen molar-refractivity contribution in [2.75, 3.05) is 5.32 Å². The van der Waals surface area contributed by atoms with Gasteiger partial charge in [0.2, 0.25) is 5.91 Å². The van der Waals surface area contributed by atoms with E-state index in [-0.39, 0.29) is 35.2 Å². The Morgan fingerprint density at radius 2 is 1.96 bits per heavy atom. The molecule has 8 heteroatoms. The highest BCUT2D eigenvalue weighted by atomic mass is 16.3. The van der Waals surface area contributed by atoms with E-state index in [2.05, 4.69) is 15.4 Å². The van der Waals surface area contributed by atoms with Crippen LogP contribution in [0.3, 0.4) is 0 Å². The third kappa shape index (κ3) is 3.42. The molecule has 2 heterocycles. The van der Waals surface area contributed by atoms with Crippen molar-refractivity contribution in [2.24, 2.45) is 0 Å². The number of benzene rings is 1. The summed E-state index contributed by atoms with van der Waals surface area (Å²) in [6.45, 7) is 9.27. The van der Waals surface area contributed by atoms with Gasteiger partial charge in [-0.1, -0.05) is 0 Å². The van der Waals surface area contributed by atoms with E-state index in [1.165, 1.54) is 16.7 Å². The Balaban J connectivity index is 1.92. The van der Waals surface area contributed by atoms with Crippen molar-refractivity contribution in [3.8, 4) is 5.75 Å². The number of anilines is 1. The molecule has 1 amide bonds. The van der Waals surface area contributed by atoms with Gasteiger partial charge in [0.05, 0.1) is 28.0 Å². The van der Waals surface area contributed by atoms with Gasteiger partial charge in [-0.25, -0.2) is 4.98 Å². The van der Waals surface area contributed by atoms with Crippen molar-refractivity contribution in [1.82, 2.24) is 19.3 Å². The van der Waals surface area contributed by atoms with Gasteiger partial charge in [0.25, 0.3) is 5.56 Å². The predicted octanol–water partition coefficient (Wildman–Crippen LogP) is 2.44. The number of aromatic hydroxyl groups is 1. The van der Waals surface area contributed by atoms with Crippen LogP contribution in [0.5, 0.6) is 5.75 Å². The largest absolute Gasteiger partial charge is 0.508 e. The quantitative estimate of drug-likeness (QED) is 0.735. The second-order valence-electron chi connectivity index (χ2n) is 6.88. The van der Waals surface area contributed by atoms with E-state index in [1.807, 2.05) is 32.4 Å². The molecular formula is C19H23N5O3. The van der Waals surface area contributed by atoms with Crippen LogP contribution in [0, 0.1) is 20.8 Å². The number of hydrogen-bond acceptors (Lipinski definition) is 5. The molecule has 2 N–H and O–H groups in total. The zero-order valence-corrected chi connectivity index (χ0v) is 16.1. The smallest absolute Gasteiger partial charge is 0.261 e. The fourth-order valence-electron chi connectivity index (χ4n) is 3.18. The molecule has 0 atom stereocenters. The standard InChI is InChI=1S/C19H23N5O3/c1-10(2)24-12(4)18(11(3)22-24)21-17(26)9-23-13(5)20-16-7-6-14(25)8-15(16)19(23)27/h6-8,10,25H,9H2,1-5H3,(H,21,26). The van der Waals surface area contributed by atoms with Crippen LogP contribution in [0.2, 0.25) is 0 Å². The molecule has 0 fully saturated rings. The minimum absolute atomic E-state index is 0.0198. The van der Waals surface area contributed by atoms with Crippen molar-refractivity contribution >= 4 is 22.5 Å². The molecule has 3 aromatic rings. The summed E-state index contributed by atoms with van der Waals surface area (Å²) in [6, 6.07) is 4.59. The molecule has 0 bridgehead atoms. The number of rotatable bonds is 4. The van der Waals surface area contributed by atoms with Crippen LogP contribution in [0.4, 0.5) is 5.69 Å². The van der Waals surface area contributed by atoms with Gasteiger partial charge in [0, 0.05) is 6.04 Å². The Morgan fingerprint density at radius 1 is 1.26 bits per heavy atom. The van der Waals surface area contributed by atoms with Crippen LogP contribution >= 0.6 is 0 Å². The molecular weight excluding hydrogens is 346 g/mol. The summed E-state index contributed by atoms with van der Waals surface area (Å²) in [6.07, 6.45) is 0. The molecule has 0 unspecified atom stereocenters. The Labute approximate surface area is 156 Å². The zero-order valence-electron chi connectivity index (χ0n) is 16.1. The minimum atomic E-state index is -0.366. The van der Waals surface area contributed by atoms with Crippen LogP contribution in [0.1, 0.15) is 37.1 Å². The number of carbonyl (C=O) groups is 1. The van der Waals surface area contributed by atoms with Gasteiger partial charge < -0.3 is 10.4 Å². The Morgan fingerprint density at radius 3 is 2.59 bits per heavy atom. The lowest BCUT2D eigenvalue weighted by Crippen LogP contribution is -2.30. The van der Waals surface area contributed by atoms with Gasteiger partial charge in [0.1, 0.15) is 18.1 Å². The number of nitrogens with zero attached hydrogens (tertiary/aromatic N) is 4. The van der Waals surface area contributed by atoms with Gasteiger partial charge >= 0.3 is 0 Å². The molecule has 0 aliphatic rings. The fraction of sp³-hybridized carbons (Fsp3) is 0.368. The highest BCUT2D eigenvalue weighted by Crippen LogP contribution is 2.22. The number of carbonyl (C=O) groups excluding carboxylic acids is 1. The van der Waals surface area contributed by atoms with E-state index in [9.17, 15) is 14.7 Å². The topological polar surface area (TPSA) is 102 Å². The van der Waals surface area contributed by atoms with E-state index in [1.54, 1.807) is 13.0 Å². The van der Waals surface area contributed by atoms with Crippen LogP contribution in [0.25, 0.3) is 10.9 Å². The van der Waals surface area contributed by atoms with E-state index in [4.69, 9.17) is 0 Å². The van der Waals surface area contributed by atoms with Crippen LogP contribution in [-0.4, -0.2) is 30.3 Å². The van der Waals surface area contributed by atoms with Crippen LogP contribution < -0.4 is 10.9 Å². The lowest BCUT2D eigenvalue weighted by Gasteiger charge is -2.12. The third-order valence-electron chi connectivity index (χ3n) is 4.51. The lowest BCUT2D eigenvalue weighted by atomic mass is 10.2. The maximum Gasteiger partial charge on any atom is 0.261 e. The van der Waals surface area contributed by atoms with Crippen molar-refractivity contribution < 1.29 is 9.90 Å². The second kappa shape index (κ2) is 6.86. The second-order valence-corrected chi connectivity index (χ2v) is 6.88. The molecule has 1 aromatic carbocycles. The molecule has 2 aromatic heterocycles. The number of phenols is 1. The van der Waals surface area contributed by atoms with Gasteiger partial charge in [-0.15, -0.1) is 0 Å². The van der Waals surface area contributed by atoms with Gasteiger partial charge in [-0.3, -0.25) is 18.8 Å². The third-order valence-corrected chi connectivity index (χ3v) is 4.51. The Hall–Kier alpha value is -3.16. The first-order valence-corrected chi connectivity index (χ1v) is 8.74. The number of aromatic nitrogens is 4. The van der Waals surface area contributed by atoms with Crippen molar-refractivity contribution in [3.63, 3.8) is 0 Å². The van der Waals surface area contributed by atoms with Crippen molar-refractivity contribution in [2.45, 2.75) is 47.2 Å². The van der Waals surface area contributed by atoms with Crippen LogP contribution in [0.15, 0.2) is 23.0 Å². The number of hydrogen-bond donors (Lipinski definition) is 2. The molecule has 0 aliphatic carbocycles. The highest BCUT2D eigenvalue weighted by molar-refractivity contribution is 5.92. The summed E-state index contributed by atoms with van der Waals surface area (Å²) in [7, 11) is 0. The molecule has 142 valence electrons. The molecule has 0 aliphatic heterocycles. The number of aryl methyl sites for hydroxylation is 2. The molecule has 0 saturated carbocycles. The molecule has 27 heavy (non-hydrogen) atoms. The van der Waals surface area contributed by atoms with Gasteiger partial charge in [-0.2, -0.15) is 5.10 Å². The number of fused-ring (bicyclic) bond motifs is 1. The molecule has 0 radical (unpaired) electrons. The first-order valence-electron chi connectivity index (χ1n) is 8.74. The van der Waals surface area contributed by atoms with Crippen molar-refractivity contribution in [3.05, 3.63) is 45.8 Å². The average molecular weight is 369 g/mol. The SMILES string of the molecule is Cc1nn(C(C)C)c(C)c1NC(=O)Cn1c(C)nc2ccc(O)cc2c1=O. The first-order chi connectivity index (χ1) is 12.7. The molecule has 0 spiro atoms. The summed E-state index contributed by atoms with van der Waals surface area (Å²) in [5.41, 5.74) is 2.36. The first kappa shape index (κ1) is 18.6. The van der Waals surface area contributed by atoms with Gasteiger partial charge in [-0.05, 0) is 52.8 Å². The highest BCUT2D eigenvalue weighted by Gasteiger charge is 2.17. The molecule has 8 nitrogen and oxygen atoms in total. The normalized spacial score (nSPS) is 11.3. The Kier molecular flexibility index (Phi) is 4.73. The van der Waals surface area contributed by atoms with E-state index in [0.717, 1.165) is 11.4 Å². The maximum absolute atomic E-state index is 12.7. The molecule has 0 saturated heterocycles. The van der Waals surface area contributed by atoms with Crippen molar-refractivity contribution in [1.29, 1.82) is 0 Å². The average Bonchev–Trinajstić information content (AvgIpc) is 2.88. The monoisotopic (exact) mass is 369 g/mol. The summed E-state index contributed by atoms with van der Waals surface area (Å²) >= 11 is 0. The number of amides is 1.